The molecule has 0 saturated heterocycles. The van der Waals surface area contributed by atoms with Gasteiger partial charge in [-0.15, -0.1) is 0 Å². The van der Waals surface area contributed by atoms with Gasteiger partial charge >= 0.3 is 0 Å². The van der Waals surface area contributed by atoms with Crippen molar-refractivity contribution in [2.45, 2.75) is 79.3 Å². The van der Waals surface area contributed by atoms with Crippen LogP contribution in [0.3, 0.4) is 0 Å². The highest BCUT2D eigenvalue weighted by molar-refractivity contribution is 5.09. The largest absolute Gasteiger partial charge is 0.270 e. The van der Waals surface area contributed by atoms with Crippen LogP contribution >= 0.6 is 0 Å². The number of hydrogen-bond acceptors (Lipinski definition) is 2. The summed E-state index contributed by atoms with van der Waals surface area (Å²) in [6.45, 7) is 17.3. The Morgan fingerprint density at radius 2 is 1.45 bits per heavy atom. The number of rotatable bonds is 4. The minimum absolute atomic E-state index is 0.474. The van der Waals surface area contributed by atoms with Crippen LogP contribution in [0.25, 0.3) is 0 Å². The Labute approximate surface area is 135 Å². The molecule has 2 heterocycles. The molecular weight excluding hydrogens is 272 g/mol. The summed E-state index contributed by atoms with van der Waals surface area (Å²) in [5.41, 5.74) is 2.64. The summed E-state index contributed by atoms with van der Waals surface area (Å²) in [5.74, 6) is 1.16. The molecule has 0 N–H and O–H groups in total. The van der Waals surface area contributed by atoms with Crippen molar-refractivity contribution in [1.29, 1.82) is 0 Å². The molecule has 0 spiro atoms. The second-order valence-electron chi connectivity index (χ2n) is 6.95. The molecule has 22 heavy (non-hydrogen) atoms. The molecule has 0 amide bonds. The molecule has 0 fully saturated rings. The summed E-state index contributed by atoms with van der Waals surface area (Å²) < 4.78 is 4.07. The van der Waals surface area contributed by atoms with Gasteiger partial charge in [0.05, 0.1) is 6.20 Å². The van der Waals surface area contributed by atoms with E-state index < -0.39 is 0 Å². The monoisotopic (exact) mass is 304 g/mol. The molecule has 0 bridgehead atoms. The fraction of sp³-hybridized carbons (Fsp3) is 0.667. The first-order valence-electron chi connectivity index (χ1n) is 8.31. The van der Waals surface area contributed by atoms with Crippen molar-refractivity contribution in [2.75, 3.05) is 0 Å². The van der Waals surface area contributed by atoms with Gasteiger partial charge < -0.3 is 0 Å². The summed E-state index contributed by atoms with van der Waals surface area (Å²) in [6.07, 6.45) is 5.94. The lowest BCUT2D eigenvalue weighted by atomic mass is 10.1. The highest BCUT2D eigenvalue weighted by Gasteiger charge is 2.08. The average molecular weight is 304 g/mol. The van der Waals surface area contributed by atoms with Crippen molar-refractivity contribution in [3.05, 3.63) is 35.9 Å². The molecule has 2 rings (SSSR count). The van der Waals surface area contributed by atoms with Crippen LogP contribution in [0.15, 0.2) is 24.7 Å². The lowest BCUT2D eigenvalue weighted by molar-refractivity contribution is 0.498. The van der Waals surface area contributed by atoms with Crippen molar-refractivity contribution in [3.63, 3.8) is 0 Å². The van der Waals surface area contributed by atoms with Gasteiger partial charge in [0.15, 0.2) is 0 Å². The molecule has 0 aliphatic heterocycles. The van der Waals surface area contributed by atoms with Crippen LogP contribution in [-0.4, -0.2) is 19.6 Å². The van der Waals surface area contributed by atoms with Gasteiger partial charge in [-0.2, -0.15) is 10.2 Å². The molecule has 4 heteroatoms. The summed E-state index contributed by atoms with van der Waals surface area (Å²) in [7, 11) is 0. The van der Waals surface area contributed by atoms with Crippen molar-refractivity contribution in [1.82, 2.24) is 19.6 Å². The number of hydrogen-bond donors (Lipinski definition) is 0. The highest BCUT2D eigenvalue weighted by atomic mass is 15.3. The van der Waals surface area contributed by atoms with Gasteiger partial charge in [-0.1, -0.05) is 27.7 Å². The Kier molecular flexibility index (Phi) is 6.85. The first-order valence-corrected chi connectivity index (χ1v) is 8.31. The third-order valence-electron chi connectivity index (χ3n) is 3.60. The van der Waals surface area contributed by atoms with Crippen LogP contribution in [-0.2, 0) is 0 Å². The minimum atomic E-state index is 0.474. The number of aromatic nitrogens is 4. The Hall–Kier alpha value is -1.58. The Balaban J connectivity index is 0.000000220. The SMILES string of the molecule is CC(C)c1ccnn1C(C)C.CC(C)c1cnn(C(C)C)c1. The normalized spacial score (nSPS) is 11.5. The van der Waals surface area contributed by atoms with E-state index in [4.69, 9.17) is 0 Å². The molecule has 2 aromatic heterocycles. The lowest BCUT2D eigenvalue weighted by Crippen LogP contribution is -2.08. The predicted octanol–water partition coefficient (Wildman–Crippen LogP) is 5.17. The van der Waals surface area contributed by atoms with E-state index in [2.05, 4.69) is 82.5 Å². The predicted molar refractivity (Wildman–Crippen MR) is 93.4 cm³/mol. The van der Waals surface area contributed by atoms with Crippen LogP contribution in [0.4, 0.5) is 0 Å². The van der Waals surface area contributed by atoms with E-state index in [1.807, 2.05) is 17.1 Å². The molecule has 2 aromatic rings. The van der Waals surface area contributed by atoms with Crippen LogP contribution in [0.1, 0.15) is 90.6 Å². The zero-order chi connectivity index (χ0) is 16.9. The van der Waals surface area contributed by atoms with Gasteiger partial charge in [0.25, 0.3) is 0 Å². The molecule has 0 aromatic carbocycles. The van der Waals surface area contributed by atoms with Crippen molar-refractivity contribution in [2.24, 2.45) is 0 Å². The molecule has 0 atom stereocenters. The van der Waals surface area contributed by atoms with Crippen molar-refractivity contribution in [3.8, 4) is 0 Å². The zero-order valence-corrected chi connectivity index (χ0v) is 15.4. The first kappa shape index (κ1) is 18.5. The summed E-state index contributed by atoms with van der Waals surface area (Å²) >= 11 is 0. The lowest BCUT2D eigenvalue weighted by Gasteiger charge is -2.12. The van der Waals surface area contributed by atoms with E-state index >= 15 is 0 Å². The van der Waals surface area contributed by atoms with Gasteiger partial charge in [-0.05, 0) is 51.2 Å². The molecule has 4 nitrogen and oxygen atoms in total. The maximum Gasteiger partial charge on any atom is 0.0524 e. The van der Waals surface area contributed by atoms with Gasteiger partial charge in [0.1, 0.15) is 0 Å². The van der Waals surface area contributed by atoms with Crippen LogP contribution in [0.5, 0.6) is 0 Å². The third kappa shape index (κ3) is 5.00. The first-order chi connectivity index (χ1) is 10.2. The topological polar surface area (TPSA) is 35.6 Å². The summed E-state index contributed by atoms with van der Waals surface area (Å²) in [4.78, 5) is 0. The molecular formula is C18H32N4. The molecule has 0 saturated carbocycles. The van der Waals surface area contributed by atoms with Gasteiger partial charge in [0, 0.05) is 30.2 Å². The second-order valence-corrected chi connectivity index (χ2v) is 6.95. The zero-order valence-electron chi connectivity index (χ0n) is 15.4. The van der Waals surface area contributed by atoms with Crippen LogP contribution < -0.4 is 0 Å². The maximum absolute atomic E-state index is 4.25. The van der Waals surface area contributed by atoms with Gasteiger partial charge in [0.2, 0.25) is 0 Å². The number of nitrogens with zero attached hydrogens (tertiary/aromatic N) is 4. The minimum Gasteiger partial charge on any atom is -0.270 e. The smallest absolute Gasteiger partial charge is 0.0524 e. The van der Waals surface area contributed by atoms with Crippen molar-refractivity contribution < 1.29 is 0 Å². The van der Waals surface area contributed by atoms with E-state index in [9.17, 15) is 0 Å². The fourth-order valence-corrected chi connectivity index (χ4v) is 2.15. The third-order valence-corrected chi connectivity index (χ3v) is 3.60. The standard InChI is InChI=1S/2C9H16N2/c1-7(2)9-5-10-11(6-9)8(3)4;1-7(2)9-5-6-10-11(9)8(3)4/h2*5-8H,1-4H3. The Morgan fingerprint density at radius 3 is 1.77 bits per heavy atom. The van der Waals surface area contributed by atoms with E-state index in [1.54, 1.807) is 0 Å². The molecule has 0 radical (unpaired) electrons. The van der Waals surface area contributed by atoms with Crippen LogP contribution in [0.2, 0.25) is 0 Å². The fourth-order valence-electron chi connectivity index (χ4n) is 2.15. The Morgan fingerprint density at radius 1 is 0.818 bits per heavy atom. The summed E-state index contributed by atoms with van der Waals surface area (Å²) in [6, 6.07) is 3.04. The van der Waals surface area contributed by atoms with E-state index in [0.717, 1.165) is 0 Å². The van der Waals surface area contributed by atoms with Crippen LogP contribution in [0, 0.1) is 0 Å². The molecule has 0 aliphatic carbocycles. The maximum atomic E-state index is 4.25. The van der Waals surface area contributed by atoms with E-state index in [0.29, 0.717) is 23.9 Å². The van der Waals surface area contributed by atoms with E-state index in [1.165, 1.54) is 11.3 Å². The highest BCUT2D eigenvalue weighted by Crippen LogP contribution is 2.17. The van der Waals surface area contributed by atoms with Gasteiger partial charge in [-0.25, -0.2) is 0 Å². The summed E-state index contributed by atoms with van der Waals surface area (Å²) in [5, 5.41) is 8.51. The molecule has 0 aliphatic rings. The van der Waals surface area contributed by atoms with E-state index in [-0.39, 0.29) is 0 Å². The second kappa shape index (κ2) is 8.16. The average Bonchev–Trinajstić information content (AvgIpc) is 3.09. The quantitative estimate of drug-likeness (QED) is 0.780. The Bertz CT molecular complexity index is 502. The molecule has 0 unspecified atom stereocenters. The molecule has 124 valence electrons. The van der Waals surface area contributed by atoms with Gasteiger partial charge in [-0.3, -0.25) is 9.36 Å². The van der Waals surface area contributed by atoms with Crippen molar-refractivity contribution >= 4 is 0 Å².